The van der Waals surface area contributed by atoms with Crippen LogP contribution in [0.1, 0.15) is 11.5 Å². The molecule has 1 aromatic carbocycles. The predicted molar refractivity (Wildman–Crippen MR) is 107 cm³/mol. The van der Waals surface area contributed by atoms with E-state index in [4.69, 9.17) is 20.8 Å². The summed E-state index contributed by atoms with van der Waals surface area (Å²) >= 11 is 7.67. The van der Waals surface area contributed by atoms with E-state index in [1.54, 1.807) is 24.5 Å². The summed E-state index contributed by atoms with van der Waals surface area (Å²) in [5, 5.41) is 13.7. The molecular weight excluding hydrogens is 400 g/mol. The summed E-state index contributed by atoms with van der Waals surface area (Å²) in [7, 11) is 1.64. The van der Waals surface area contributed by atoms with Gasteiger partial charge in [0.2, 0.25) is 0 Å². The van der Waals surface area contributed by atoms with Crippen LogP contribution < -0.4 is 10.2 Å². The molecule has 7 nitrogen and oxygen atoms in total. The molecule has 0 aliphatic heterocycles. The minimum absolute atomic E-state index is 0.0796. The molecule has 0 saturated carbocycles. The van der Waals surface area contributed by atoms with Crippen LogP contribution in [0.2, 0.25) is 5.02 Å². The van der Waals surface area contributed by atoms with Crippen molar-refractivity contribution >= 4 is 28.8 Å². The van der Waals surface area contributed by atoms with E-state index in [0.717, 1.165) is 15.3 Å². The third-order valence-electron chi connectivity index (χ3n) is 4.10. The summed E-state index contributed by atoms with van der Waals surface area (Å²) < 4.78 is 10.9. The Morgan fingerprint density at radius 1 is 1.29 bits per heavy atom. The third-order valence-corrected chi connectivity index (χ3v) is 5.33. The number of amides is 1. The number of nitrogens with zero attached hydrogens (tertiary/aromatic N) is 2. The van der Waals surface area contributed by atoms with E-state index in [-0.39, 0.29) is 12.5 Å². The molecule has 0 radical (unpaired) electrons. The van der Waals surface area contributed by atoms with Crippen molar-refractivity contribution < 1.29 is 18.8 Å². The van der Waals surface area contributed by atoms with Crippen LogP contribution in [-0.2, 0) is 22.6 Å². The first-order valence-electron chi connectivity index (χ1n) is 8.84. The van der Waals surface area contributed by atoms with Gasteiger partial charge in [-0.15, -0.1) is 21.5 Å². The second-order valence-electron chi connectivity index (χ2n) is 6.19. The van der Waals surface area contributed by atoms with Crippen molar-refractivity contribution in [3.63, 3.8) is 0 Å². The van der Waals surface area contributed by atoms with Gasteiger partial charge < -0.3 is 19.4 Å². The number of quaternary nitrogens is 1. The van der Waals surface area contributed by atoms with Crippen LogP contribution in [0, 0.1) is 0 Å². The molecule has 1 unspecified atom stereocenters. The molecule has 0 bridgehead atoms. The number of halogens is 1. The summed E-state index contributed by atoms with van der Waals surface area (Å²) in [5.41, 5.74) is 0.883. The van der Waals surface area contributed by atoms with Gasteiger partial charge in [0.1, 0.15) is 6.54 Å². The van der Waals surface area contributed by atoms with Crippen LogP contribution in [0.3, 0.4) is 0 Å². The lowest BCUT2D eigenvalue weighted by Crippen LogP contribution is -3.12. The Labute approximate surface area is 172 Å². The van der Waals surface area contributed by atoms with Gasteiger partial charge >= 0.3 is 0 Å². The molecule has 1 amide bonds. The Hall–Kier alpha value is -2.26. The second-order valence-corrected chi connectivity index (χ2v) is 7.55. The van der Waals surface area contributed by atoms with Gasteiger partial charge in [-0.25, -0.2) is 0 Å². The number of carbonyl (C=O) groups excluding carboxylic acids is 1. The average molecular weight is 422 g/mol. The van der Waals surface area contributed by atoms with E-state index in [2.05, 4.69) is 15.5 Å². The fraction of sp³-hybridized carbons (Fsp3) is 0.316. The molecule has 1 atom stereocenters. The highest BCUT2D eigenvalue weighted by molar-refractivity contribution is 7.13. The van der Waals surface area contributed by atoms with Gasteiger partial charge in [-0.3, -0.25) is 4.79 Å². The zero-order valence-corrected chi connectivity index (χ0v) is 17.1. The SMILES string of the molecule is COCC[NH+](CC(=O)NCc1ccccc1Cl)Cc1nnc(-c2cccs2)o1. The number of thiophene rings is 1. The van der Waals surface area contributed by atoms with Crippen molar-refractivity contribution in [2.75, 3.05) is 26.8 Å². The van der Waals surface area contributed by atoms with Crippen LogP contribution in [0.25, 0.3) is 10.8 Å². The average Bonchev–Trinajstić information content (AvgIpc) is 3.37. The molecule has 148 valence electrons. The van der Waals surface area contributed by atoms with E-state index in [9.17, 15) is 4.79 Å². The molecule has 0 aliphatic carbocycles. The Kier molecular flexibility index (Phi) is 7.55. The van der Waals surface area contributed by atoms with Crippen LogP contribution in [0.15, 0.2) is 46.2 Å². The lowest BCUT2D eigenvalue weighted by molar-refractivity contribution is -0.907. The van der Waals surface area contributed by atoms with Gasteiger partial charge in [0, 0.05) is 18.7 Å². The number of aromatic nitrogens is 2. The van der Waals surface area contributed by atoms with Crippen molar-refractivity contribution in [2.45, 2.75) is 13.1 Å². The Bertz CT molecular complexity index is 885. The highest BCUT2D eigenvalue weighted by Gasteiger charge is 2.19. The quantitative estimate of drug-likeness (QED) is 0.521. The number of methoxy groups -OCH3 is 1. The normalized spacial score (nSPS) is 12.1. The number of hydrogen-bond donors (Lipinski definition) is 2. The first kappa shape index (κ1) is 20.5. The smallest absolute Gasteiger partial charge is 0.275 e. The monoisotopic (exact) mass is 421 g/mol. The van der Waals surface area contributed by atoms with E-state index in [1.807, 2.05) is 35.7 Å². The maximum Gasteiger partial charge on any atom is 0.275 e. The molecule has 2 aromatic heterocycles. The predicted octanol–water partition coefficient (Wildman–Crippen LogP) is 1.80. The van der Waals surface area contributed by atoms with Gasteiger partial charge in [-0.2, -0.15) is 0 Å². The number of ether oxygens (including phenoxy) is 1. The van der Waals surface area contributed by atoms with Crippen molar-refractivity contribution in [1.82, 2.24) is 15.5 Å². The molecule has 28 heavy (non-hydrogen) atoms. The number of benzene rings is 1. The zero-order chi connectivity index (χ0) is 19.8. The van der Waals surface area contributed by atoms with Gasteiger partial charge in [0.05, 0.1) is 11.5 Å². The van der Waals surface area contributed by atoms with Gasteiger partial charge in [0.25, 0.3) is 17.7 Å². The summed E-state index contributed by atoms with van der Waals surface area (Å²) in [5.74, 6) is 0.914. The van der Waals surface area contributed by atoms with Crippen molar-refractivity contribution in [2.24, 2.45) is 0 Å². The summed E-state index contributed by atoms with van der Waals surface area (Å²) in [6, 6.07) is 11.3. The minimum Gasteiger partial charge on any atom is -0.414 e. The molecule has 0 spiro atoms. The van der Waals surface area contributed by atoms with E-state index >= 15 is 0 Å². The highest BCUT2D eigenvalue weighted by atomic mass is 35.5. The molecule has 9 heteroatoms. The molecule has 2 N–H and O–H groups in total. The van der Waals surface area contributed by atoms with Crippen LogP contribution in [0.5, 0.6) is 0 Å². The van der Waals surface area contributed by atoms with Crippen LogP contribution in [0.4, 0.5) is 0 Å². The fourth-order valence-electron chi connectivity index (χ4n) is 2.65. The molecule has 0 saturated heterocycles. The molecular formula is C19H22ClN4O3S+. The van der Waals surface area contributed by atoms with Gasteiger partial charge in [-0.1, -0.05) is 35.9 Å². The number of hydrogen-bond acceptors (Lipinski definition) is 6. The summed E-state index contributed by atoms with van der Waals surface area (Å²) in [6.45, 7) is 2.27. The maximum atomic E-state index is 12.4. The minimum atomic E-state index is -0.0796. The van der Waals surface area contributed by atoms with Crippen LogP contribution in [-0.4, -0.2) is 42.9 Å². The van der Waals surface area contributed by atoms with Crippen LogP contribution >= 0.6 is 22.9 Å². The number of carbonyl (C=O) groups is 1. The van der Waals surface area contributed by atoms with Crippen molar-refractivity contribution in [3.05, 3.63) is 58.3 Å². The molecule has 3 rings (SSSR count). The van der Waals surface area contributed by atoms with E-state index in [1.165, 1.54) is 0 Å². The molecule has 0 aliphatic rings. The number of nitrogens with one attached hydrogen (secondary N) is 2. The van der Waals surface area contributed by atoms with E-state index in [0.29, 0.717) is 43.0 Å². The van der Waals surface area contributed by atoms with E-state index < -0.39 is 0 Å². The lowest BCUT2D eigenvalue weighted by Gasteiger charge is -2.17. The van der Waals surface area contributed by atoms with Crippen molar-refractivity contribution in [1.29, 1.82) is 0 Å². The standard InChI is InChI=1S/C19H21ClN4O3S/c1-26-9-8-24(12-17(25)21-11-14-5-2-3-6-15(14)20)13-18-22-23-19(27-18)16-7-4-10-28-16/h2-7,10H,8-9,11-13H2,1H3,(H,21,25)/p+1. The topological polar surface area (TPSA) is 81.7 Å². The largest absolute Gasteiger partial charge is 0.414 e. The molecule has 2 heterocycles. The molecule has 3 aromatic rings. The molecule has 0 fully saturated rings. The van der Waals surface area contributed by atoms with Gasteiger partial charge in [-0.05, 0) is 23.1 Å². The Morgan fingerprint density at radius 3 is 2.89 bits per heavy atom. The second kappa shape index (κ2) is 10.3. The zero-order valence-electron chi connectivity index (χ0n) is 15.5. The summed E-state index contributed by atoms with van der Waals surface area (Å²) in [6.07, 6.45) is 0. The lowest BCUT2D eigenvalue weighted by atomic mass is 10.2. The Morgan fingerprint density at radius 2 is 2.14 bits per heavy atom. The van der Waals surface area contributed by atoms with Gasteiger partial charge in [0.15, 0.2) is 13.1 Å². The number of rotatable bonds is 10. The highest BCUT2D eigenvalue weighted by Crippen LogP contribution is 2.22. The third kappa shape index (κ3) is 5.87. The Balaban J connectivity index is 1.57. The van der Waals surface area contributed by atoms with Crippen molar-refractivity contribution in [3.8, 4) is 10.8 Å². The first-order valence-corrected chi connectivity index (χ1v) is 10.1. The fourth-order valence-corrected chi connectivity index (χ4v) is 3.50. The summed E-state index contributed by atoms with van der Waals surface area (Å²) in [4.78, 5) is 14.3. The first-order chi connectivity index (χ1) is 13.7. The maximum absolute atomic E-state index is 12.4.